The van der Waals surface area contributed by atoms with E-state index in [1.807, 2.05) is 0 Å². The molecule has 0 spiro atoms. The fourth-order valence-corrected chi connectivity index (χ4v) is 1.45. The molecule has 4 nitrogen and oxygen atoms in total. The quantitative estimate of drug-likeness (QED) is 0.785. The van der Waals surface area contributed by atoms with E-state index in [4.69, 9.17) is 10.5 Å². The van der Waals surface area contributed by atoms with Crippen molar-refractivity contribution in [3.05, 3.63) is 23.8 Å². The van der Waals surface area contributed by atoms with E-state index in [0.717, 1.165) is 12.8 Å². The lowest BCUT2D eigenvalue weighted by Crippen LogP contribution is -2.21. The number of hydrogen-bond donors (Lipinski definition) is 1. The molecule has 1 aliphatic rings. The molecule has 16 heavy (non-hydrogen) atoms. The van der Waals surface area contributed by atoms with Crippen molar-refractivity contribution in [2.75, 3.05) is 19.8 Å². The number of hydrogen-bond acceptors (Lipinski definition) is 3. The molecule has 0 heterocycles. The van der Waals surface area contributed by atoms with E-state index in [1.54, 1.807) is 32.3 Å². The number of carbonyl (C=O) groups excluding carboxylic acids is 1. The van der Waals surface area contributed by atoms with E-state index in [9.17, 15) is 4.79 Å². The summed E-state index contributed by atoms with van der Waals surface area (Å²) in [5.74, 6) is 0.626. The number of anilines is 1. The maximum Gasteiger partial charge on any atom is 0.253 e. The Hall–Kier alpha value is -1.71. The van der Waals surface area contributed by atoms with Crippen molar-refractivity contribution in [2.24, 2.45) is 0 Å². The molecule has 0 bridgehead atoms. The highest BCUT2D eigenvalue weighted by Gasteiger charge is 2.24. The van der Waals surface area contributed by atoms with Crippen LogP contribution in [0.15, 0.2) is 18.2 Å². The topological polar surface area (TPSA) is 55.6 Å². The molecule has 1 saturated carbocycles. The van der Waals surface area contributed by atoms with Crippen LogP contribution in [0.2, 0.25) is 0 Å². The zero-order valence-corrected chi connectivity index (χ0v) is 9.56. The fraction of sp³-hybridized carbons (Fsp3) is 0.417. The van der Waals surface area contributed by atoms with Crippen molar-refractivity contribution in [2.45, 2.75) is 18.9 Å². The lowest BCUT2D eigenvalue weighted by atomic mass is 10.1. The van der Waals surface area contributed by atoms with Gasteiger partial charge in [0.2, 0.25) is 0 Å². The van der Waals surface area contributed by atoms with Crippen LogP contribution in [-0.2, 0) is 0 Å². The Balaban J connectivity index is 2.23. The molecule has 1 aliphatic carbocycles. The second-order valence-electron chi connectivity index (χ2n) is 4.31. The molecule has 1 aromatic rings. The summed E-state index contributed by atoms with van der Waals surface area (Å²) >= 11 is 0. The molecule has 0 radical (unpaired) electrons. The third-order valence-electron chi connectivity index (χ3n) is 2.41. The molecule has 0 aliphatic heterocycles. The van der Waals surface area contributed by atoms with Gasteiger partial charge in [0.15, 0.2) is 0 Å². The second-order valence-corrected chi connectivity index (χ2v) is 4.31. The number of nitrogen functional groups attached to an aromatic ring is 1. The van der Waals surface area contributed by atoms with Crippen LogP contribution in [0.3, 0.4) is 0 Å². The SMILES string of the molecule is CN(C)C(=O)c1cc(N)cc(OC2CC2)c1. The van der Waals surface area contributed by atoms with Gasteiger partial charge >= 0.3 is 0 Å². The Bertz CT molecular complexity index is 411. The first-order chi connectivity index (χ1) is 7.56. The number of ether oxygens (including phenoxy) is 1. The molecule has 2 N–H and O–H groups in total. The Morgan fingerprint density at radius 1 is 1.38 bits per heavy atom. The van der Waals surface area contributed by atoms with Crippen molar-refractivity contribution in [3.63, 3.8) is 0 Å². The van der Waals surface area contributed by atoms with Gasteiger partial charge in [-0.2, -0.15) is 0 Å². The molecule has 0 atom stereocenters. The van der Waals surface area contributed by atoms with Crippen LogP contribution in [0.25, 0.3) is 0 Å². The number of rotatable bonds is 3. The van der Waals surface area contributed by atoms with Gasteiger partial charge in [0.1, 0.15) is 5.75 Å². The van der Waals surface area contributed by atoms with Gasteiger partial charge in [-0.3, -0.25) is 4.79 Å². The van der Waals surface area contributed by atoms with Crippen LogP contribution in [0.1, 0.15) is 23.2 Å². The summed E-state index contributed by atoms with van der Waals surface area (Å²) in [4.78, 5) is 13.3. The van der Waals surface area contributed by atoms with Crippen molar-refractivity contribution in [1.82, 2.24) is 4.90 Å². The minimum absolute atomic E-state index is 0.0621. The lowest BCUT2D eigenvalue weighted by molar-refractivity contribution is 0.0827. The summed E-state index contributed by atoms with van der Waals surface area (Å²) in [6, 6.07) is 5.17. The standard InChI is InChI=1S/C12H16N2O2/c1-14(2)12(15)8-5-9(13)7-11(6-8)16-10-3-4-10/h5-7,10H,3-4,13H2,1-2H3. The second kappa shape index (κ2) is 4.04. The summed E-state index contributed by atoms with van der Waals surface area (Å²) in [6.45, 7) is 0. The molecular weight excluding hydrogens is 204 g/mol. The van der Waals surface area contributed by atoms with Crippen LogP contribution < -0.4 is 10.5 Å². The largest absolute Gasteiger partial charge is 0.490 e. The van der Waals surface area contributed by atoms with Gasteiger partial charge in [0, 0.05) is 31.4 Å². The van der Waals surface area contributed by atoms with E-state index < -0.39 is 0 Å². The smallest absolute Gasteiger partial charge is 0.253 e. The Morgan fingerprint density at radius 2 is 2.06 bits per heavy atom. The van der Waals surface area contributed by atoms with Gasteiger partial charge in [-0.15, -0.1) is 0 Å². The predicted molar refractivity (Wildman–Crippen MR) is 62.5 cm³/mol. The van der Waals surface area contributed by atoms with Crippen LogP contribution in [0, 0.1) is 0 Å². The fourth-order valence-electron chi connectivity index (χ4n) is 1.45. The minimum Gasteiger partial charge on any atom is -0.490 e. The van der Waals surface area contributed by atoms with Crippen LogP contribution in [0.4, 0.5) is 5.69 Å². The average molecular weight is 220 g/mol. The Morgan fingerprint density at radius 3 is 2.62 bits per heavy atom. The molecule has 0 unspecified atom stereocenters. The van der Waals surface area contributed by atoms with Crippen LogP contribution in [-0.4, -0.2) is 31.0 Å². The molecule has 1 fully saturated rings. The first-order valence-electron chi connectivity index (χ1n) is 5.35. The predicted octanol–water partition coefficient (Wildman–Crippen LogP) is 1.51. The third kappa shape index (κ3) is 2.45. The molecule has 4 heteroatoms. The first kappa shape index (κ1) is 10.8. The molecular formula is C12H16N2O2. The van der Waals surface area contributed by atoms with Gasteiger partial charge in [-0.25, -0.2) is 0 Å². The molecule has 86 valence electrons. The van der Waals surface area contributed by atoms with E-state index in [1.165, 1.54) is 4.90 Å². The number of nitrogens with two attached hydrogens (primary N) is 1. The number of carbonyl (C=O) groups is 1. The molecule has 0 saturated heterocycles. The van der Waals surface area contributed by atoms with E-state index in [-0.39, 0.29) is 5.91 Å². The maximum absolute atomic E-state index is 11.8. The first-order valence-corrected chi connectivity index (χ1v) is 5.35. The van der Waals surface area contributed by atoms with Crippen LogP contribution in [0.5, 0.6) is 5.75 Å². The van der Waals surface area contributed by atoms with Crippen molar-refractivity contribution in [3.8, 4) is 5.75 Å². The molecule has 0 aromatic heterocycles. The zero-order chi connectivity index (χ0) is 11.7. The highest BCUT2D eigenvalue weighted by Crippen LogP contribution is 2.28. The van der Waals surface area contributed by atoms with E-state index in [2.05, 4.69) is 0 Å². The number of benzene rings is 1. The van der Waals surface area contributed by atoms with Gasteiger partial charge in [-0.05, 0) is 25.0 Å². The van der Waals surface area contributed by atoms with Gasteiger partial charge < -0.3 is 15.4 Å². The number of amides is 1. The van der Waals surface area contributed by atoms with E-state index in [0.29, 0.717) is 23.1 Å². The molecule has 1 amide bonds. The summed E-state index contributed by atoms with van der Waals surface area (Å²) in [6.07, 6.45) is 2.49. The summed E-state index contributed by atoms with van der Waals surface area (Å²) in [7, 11) is 3.43. The minimum atomic E-state index is -0.0621. The van der Waals surface area contributed by atoms with Gasteiger partial charge in [0.25, 0.3) is 5.91 Å². The monoisotopic (exact) mass is 220 g/mol. The van der Waals surface area contributed by atoms with Crippen molar-refractivity contribution < 1.29 is 9.53 Å². The maximum atomic E-state index is 11.8. The normalized spacial score (nSPS) is 14.6. The summed E-state index contributed by atoms with van der Waals surface area (Å²) in [5.41, 5.74) is 6.87. The zero-order valence-electron chi connectivity index (χ0n) is 9.56. The Labute approximate surface area is 95.0 Å². The Kier molecular flexibility index (Phi) is 2.73. The van der Waals surface area contributed by atoms with Crippen molar-refractivity contribution in [1.29, 1.82) is 0 Å². The number of nitrogens with zero attached hydrogens (tertiary/aromatic N) is 1. The summed E-state index contributed by atoms with van der Waals surface area (Å²) < 4.78 is 5.63. The molecule has 2 rings (SSSR count). The molecule has 1 aromatic carbocycles. The van der Waals surface area contributed by atoms with Gasteiger partial charge in [0.05, 0.1) is 6.10 Å². The summed E-state index contributed by atoms with van der Waals surface area (Å²) in [5, 5.41) is 0. The van der Waals surface area contributed by atoms with E-state index >= 15 is 0 Å². The lowest BCUT2D eigenvalue weighted by Gasteiger charge is -2.12. The van der Waals surface area contributed by atoms with Crippen LogP contribution >= 0.6 is 0 Å². The average Bonchev–Trinajstić information content (AvgIpc) is 2.99. The highest BCUT2D eigenvalue weighted by atomic mass is 16.5. The third-order valence-corrected chi connectivity index (χ3v) is 2.41. The highest BCUT2D eigenvalue weighted by molar-refractivity contribution is 5.95. The van der Waals surface area contributed by atoms with Crippen molar-refractivity contribution >= 4 is 11.6 Å². The van der Waals surface area contributed by atoms with Gasteiger partial charge in [-0.1, -0.05) is 0 Å².